The molecule has 2 aromatic carbocycles. The van der Waals surface area contributed by atoms with Crippen molar-refractivity contribution in [2.45, 2.75) is 31.7 Å². The zero-order valence-electron chi connectivity index (χ0n) is 17.4. The summed E-state index contributed by atoms with van der Waals surface area (Å²) in [5.41, 5.74) is 2.20. The van der Waals surface area contributed by atoms with Crippen LogP contribution in [0.4, 0.5) is 0 Å². The molecule has 8 heteroatoms. The summed E-state index contributed by atoms with van der Waals surface area (Å²) >= 11 is 0. The number of fused-ring (bicyclic) bond motifs is 1. The highest BCUT2D eigenvalue weighted by Crippen LogP contribution is 2.25. The number of sulfonamides is 1. The summed E-state index contributed by atoms with van der Waals surface area (Å²) in [7, 11) is -3.53. The molecule has 3 aromatic rings. The lowest BCUT2D eigenvalue weighted by molar-refractivity contribution is 0.141. The smallest absolute Gasteiger partial charge is 0.258 e. The summed E-state index contributed by atoms with van der Waals surface area (Å²) in [5.74, 6) is 0.601. The molecule has 0 saturated carbocycles. The molecule has 1 atom stereocenters. The number of hydrogen-bond donors (Lipinski definition) is 1. The van der Waals surface area contributed by atoms with E-state index in [0.717, 1.165) is 11.1 Å². The third-order valence-corrected chi connectivity index (χ3v) is 7.85. The molecule has 0 spiro atoms. The normalized spacial score (nSPS) is 17.3. The minimum Gasteiger partial charge on any atom is -0.309 e. The largest absolute Gasteiger partial charge is 0.309 e. The molecule has 1 saturated heterocycles. The molecule has 2 heterocycles. The zero-order chi connectivity index (χ0) is 21.5. The average Bonchev–Trinajstić information content (AvgIpc) is 2.75. The van der Waals surface area contributed by atoms with Crippen LogP contribution in [-0.2, 0) is 10.0 Å². The topological polar surface area (TPSA) is 86.4 Å². The monoisotopic (exact) mass is 426 g/mol. The summed E-state index contributed by atoms with van der Waals surface area (Å²) in [6.07, 6.45) is 0. The molecule has 1 aromatic heterocycles. The van der Waals surface area contributed by atoms with E-state index in [1.54, 1.807) is 16.4 Å². The summed E-state index contributed by atoms with van der Waals surface area (Å²) in [5, 5.41) is 0.567. The quantitative estimate of drug-likeness (QED) is 0.693. The molecule has 0 bridgehead atoms. The number of hydrogen-bond acceptors (Lipinski definition) is 5. The molecule has 0 aliphatic carbocycles. The second-order valence-corrected chi connectivity index (χ2v) is 9.76. The van der Waals surface area contributed by atoms with E-state index in [0.29, 0.717) is 47.8 Å². The average molecular weight is 427 g/mol. The first-order valence-electron chi connectivity index (χ1n) is 10.1. The Morgan fingerprint density at radius 1 is 1.03 bits per heavy atom. The van der Waals surface area contributed by atoms with E-state index in [-0.39, 0.29) is 11.6 Å². The molecule has 30 heavy (non-hydrogen) atoms. The van der Waals surface area contributed by atoms with Crippen LogP contribution in [0.5, 0.6) is 0 Å². The molecule has 0 amide bonds. The van der Waals surface area contributed by atoms with Gasteiger partial charge in [0, 0.05) is 26.2 Å². The van der Waals surface area contributed by atoms with E-state index in [2.05, 4.69) is 14.9 Å². The van der Waals surface area contributed by atoms with Crippen molar-refractivity contribution in [2.24, 2.45) is 0 Å². The number of para-hydroxylation sites is 1. The van der Waals surface area contributed by atoms with E-state index in [4.69, 9.17) is 0 Å². The van der Waals surface area contributed by atoms with Gasteiger partial charge in [-0.05, 0) is 50.1 Å². The Hall–Kier alpha value is -2.55. The van der Waals surface area contributed by atoms with Crippen LogP contribution in [0.25, 0.3) is 10.9 Å². The third-order valence-electron chi connectivity index (χ3n) is 5.81. The molecular formula is C22H26N4O3S. The van der Waals surface area contributed by atoms with Gasteiger partial charge < -0.3 is 4.98 Å². The minimum absolute atomic E-state index is 0.118. The number of benzene rings is 2. The fourth-order valence-electron chi connectivity index (χ4n) is 3.93. The summed E-state index contributed by atoms with van der Waals surface area (Å²) in [6.45, 7) is 7.66. The number of aryl methyl sites for hydroxylation is 2. The molecule has 1 aliphatic rings. The predicted octanol–water partition coefficient (Wildman–Crippen LogP) is 2.61. The van der Waals surface area contributed by atoms with Crippen molar-refractivity contribution in [1.29, 1.82) is 0 Å². The maximum Gasteiger partial charge on any atom is 0.258 e. The summed E-state index contributed by atoms with van der Waals surface area (Å²) < 4.78 is 27.8. The first-order valence-corrected chi connectivity index (χ1v) is 11.5. The SMILES string of the molecule is Cc1ccc(C)c(S(=O)(=O)N2CCN([C@H](C)c3nc4ccccc4c(=O)[nH]3)CC2)c1. The summed E-state index contributed by atoms with van der Waals surface area (Å²) in [6, 6.07) is 12.7. The van der Waals surface area contributed by atoms with Crippen LogP contribution >= 0.6 is 0 Å². The van der Waals surface area contributed by atoms with E-state index < -0.39 is 10.0 Å². The van der Waals surface area contributed by atoms with Gasteiger partial charge in [-0.1, -0.05) is 24.3 Å². The number of aromatic amines is 1. The maximum absolute atomic E-state index is 13.1. The van der Waals surface area contributed by atoms with Crippen LogP contribution in [0.15, 0.2) is 52.2 Å². The van der Waals surface area contributed by atoms with Crippen molar-refractivity contribution in [3.8, 4) is 0 Å². The Bertz CT molecular complexity index is 1240. The molecule has 0 unspecified atom stereocenters. The molecule has 158 valence electrons. The highest BCUT2D eigenvalue weighted by molar-refractivity contribution is 7.89. The second kappa shape index (κ2) is 7.94. The van der Waals surface area contributed by atoms with E-state index in [9.17, 15) is 13.2 Å². The lowest BCUT2D eigenvalue weighted by atomic mass is 10.2. The second-order valence-electron chi connectivity index (χ2n) is 7.85. The van der Waals surface area contributed by atoms with Gasteiger partial charge in [0.2, 0.25) is 10.0 Å². The van der Waals surface area contributed by atoms with Crippen LogP contribution in [-0.4, -0.2) is 53.8 Å². The van der Waals surface area contributed by atoms with Gasteiger partial charge in [0.05, 0.1) is 21.8 Å². The van der Waals surface area contributed by atoms with Crippen LogP contribution in [0, 0.1) is 13.8 Å². The Morgan fingerprint density at radius 3 is 2.47 bits per heavy atom. The van der Waals surface area contributed by atoms with Gasteiger partial charge in [-0.3, -0.25) is 9.69 Å². The molecule has 1 N–H and O–H groups in total. The highest BCUT2D eigenvalue weighted by atomic mass is 32.2. The van der Waals surface area contributed by atoms with E-state index >= 15 is 0 Å². The molecule has 0 radical (unpaired) electrons. The van der Waals surface area contributed by atoms with Gasteiger partial charge in [-0.25, -0.2) is 13.4 Å². The summed E-state index contributed by atoms with van der Waals surface area (Å²) in [4.78, 5) is 22.4. The van der Waals surface area contributed by atoms with Crippen molar-refractivity contribution in [3.05, 3.63) is 69.8 Å². The number of nitrogens with one attached hydrogen (secondary N) is 1. The van der Waals surface area contributed by atoms with Gasteiger partial charge in [-0.15, -0.1) is 0 Å². The van der Waals surface area contributed by atoms with Gasteiger partial charge in [-0.2, -0.15) is 4.31 Å². The molecule has 1 fully saturated rings. The number of rotatable bonds is 4. The van der Waals surface area contributed by atoms with Crippen molar-refractivity contribution in [1.82, 2.24) is 19.2 Å². The highest BCUT2D eigenvalue weighted by Gasteiger charge is 2.31. The zero-order valence-corrected chi connectivity index (χ0v) is 18.2. The number of nitrogens with zero attached hydrogens (tertiary/aromatic N) is 3. The molecule has 7 nitrogen and oxygen atoms in total. The number of piperazine rings is 1. The van der Waals surface area contributed by atoms with Gasteiger partial charge >= 0.3 is 0 Å². The lowest BCUT2D eigenvalue weighted by Crippen LogP contribution is -2.49. The first-order chi connectivity index (χ1) is 14.3. The standard InChI is InChI=1S/C22H26N4O3S/c1-15-8-9-16(2)20(14-15)30(28,29)26-12-10-25(11-13-26)17(3)21-23-19-7-5-4-6-18(19)22(27)24-21/h4-9,14,17H,10-13H2,1-3H3,(H,23,24,27)/t17-/m1/s1. The molecule has 1 aliphatic heterocycles. The van der Waals surface area contributed by atoms with Gasteiger partial charge in [0.1, 0.15) is 5.82 Å². The first kappa shape index (κ1) is 20.7. The molecular weight excluding hydrogens is 400 g/mol. The fraction of sp³-hybridized carbons (Fsp3) is 0.364. The Labute approximate surface area is 176 Å². The number of H-pyrrole nitrogens is 1. The van der Waals surface area contributed by atoms with Crippen LogP contribution in [0.3, 0.4) is 0 Å². The van der Waals surface area contributed by atoms with Crippen LogP contribution in [0.1, 0.15) is 29.9 Å². The minimum atomic E-state index is -3.53. The van der Waals surface area contributed by atoms with Crippen molar-refractivity contribution < 1.29 is 8.42 Å². The Balaban J connectivity index is 1.52. The van der Waals surface area contributed by atoms with E-state index in [1.807, 2.05) is 51.1 Å². The van der Waals surface area contributed by atoms with Crippen LogP contribution in [0.2, 0.25) is 0 Å². The maximum atomic E-state index is 13.1. The van der Waals surface area contributed by atoms with Crippen molar-refractivity contribution in [2.75, 3.05) is 26.2 Å². The third kappa shape index (κ3) is 3.78. The van der Waals surface area contributed by atoms with Crippen LogP contribution < -0.4 is 5.56 Å². The Kier molecular flexibility index (Phi) is 5.48. The van der Waals surface area contributed by atoms with E-state index in [1.165, 1.54) is 0 Å². The molecule has 4 rings (SSSR count). The predicted molar refractivity (Wildman–Crippen MR) is 117 cm³/mol. The lowest BCUT2D eigenvalue weighted by Gasteiger charge is -2.37. The van der Waals surface area contributed by atoms with Crippen molar-refractivity contribution in [3.63, 3.8) is 0 Å². The fourth-order valence-corrected chi connectivity index (χ4v) is 5.66. The van der Waals surface area contributed by atoms with Gasteiger partial charge in [0.15, 0.2) is 0 Å². The number of aromatic nitrogens is 2. The van der Waals surface area contributed by atoms with Gasteiger partial charge in [0.25, 0.3) is 5.56 Å². The Morgan fingerprint density at radius 2 is 1.73 bits per heavy atom. The van der Waals surface area contributed by atoms with Crippen molar-refractivity contribution >= 4 is 20.9 Å².